The number of rotatable bonds is 6. The van der Waals surface area contributed by atoms with Crippen molar-refractivity contribution in [3.8, 4) is 5.82 Å². The molecule has 0 atom stereocenters. The molecule has 1 N–H and O–H groups in total. The minimum Gasteiger partial charge on any atom is -0.354 e. The van der Waals surface area contributed by atoms with Gasteiger partial charge in [0.2, 0.25) is 5.91 Å². The number of nitrogens with zero attached hydrogens (tertiary/aromatic N) is 5. The molecule has 0 spiro atoms. The first-order valence-corrected chi connectivity index (χ1v) is 6.40. The lowest BCUT2D eigenvalue weighted by Crippen LogP contribution is -2.32. The van der Waals surface area contributed by atoms with Gasteiger partial charge >= 0.3 is 0 Å². The molecule has 0 fully saturated rings. The number of hydrogen-bond acceptors (Lipinski definition) is 5. The van der Waals surface area contributed by atoms with E-state index in [0.29, 0.717) is 25.3 Å². The smallest absolute Gasteiger partial charge is 0.266 e. The van der Waals surface area contributed by atoms with Crippen LogP contribution in [0.1, 0.15) is 19.8 Å². The van der Waals surface area contributed by atoms with Crippen LogP contribution in [0.2, 0.25) is 0 Å². The van der Waals surface area contributed by atoms with Gasteiger partial charge in [0.15, 0.2) is 5.82 Å². The molecule has 2 aromatic rings. The Morgan fingerprint density at radius 3 is 2.95 bits per heavy atom. The van der Waals surface area contributed by atoms with Gasteiger partial charge < -0.3 is 5.32 Å². The van der Waals surface area contributed by atoms with Gasteiger partial charge in [0.25, 0.3) is 5.56 Å². The SMILES string of the molecule is CCCC(=O)NCCn1nc(-n2cncn2)ccc1=O. The molecule has 2 aromatic heterocycles. The zero-order valence-corrected chi connectivity index (χ0v) is 11.2. The number of hydrogen-bond donors (Lipinski definition) is 1. The second-order valence-corrected chi connectivity index (χ2v) is 4.19. The van der Waals surface area contributed by atoms with E-state index in [4.69, 9.17) is 0 Å². The highest BCUT2D eigenvalue weighted by Gasteiger charge is 2.04. The summed E-state index contributed by atoms with van der Waals surface area (Å²) in [6.07, 6.45) is 4.18. The molecule has 0 aliphatic heterocycles. The Balaban J connectivity index is 2.02. The topological polar surface area (TPSA) is 94.7 Å². The van der Waals surface area contributed by atoms with Crippen molar-refractivity contribution in [2.45, 2.75) is 26.3 Å². The average Bonchev–Trinajstić information content (AvgIpc) is 2.95. The van der Waals surface area contributed by atoms with Gasteiger partial charge in [0.05, 0.1) is 6.54 Å². The summed E-state index contributed by atoms with van der Waals surface area (Å²) >= 11 is 0. The van der Waals surface area contributed by atoms with E-state index in [0.717, 1.165) is 6.42 Å². The normalized spacial score (nSPS) is 10.4. The molecular weight excluding hydrogens is 260 g/mol. The van der Waals surface area contributed by atoms with Gasteiger partial charge in [-0.3, -0.25) is 9.59 Å². The van der Waals surface area contributed by atoms with Gasteiger partial charge in [-0.15, -0.1) is 5.10 Å². The van der Waals surface area contributed by atoms with Crippen molar-refractivity contribution in [2.24, 2.45) is 0 Å². The zero-order chi connectivity index (χ0) is 14.4. The highest BCUT2D eigenvalue weighted by atomic mass is 16.1. The maximum Gasteiger partial charge on any atom is 0.266 e. The van der Waals surface area contributed by atoms with Crippen LogP contribution in [0.15, 0.2) is 29.6 Å². The zero-order valence-electron chi connectivity index (χ0n) is 11.2. The highest BCUT2D eigenvalue weighted by molar-refractivity contribution is 5.75. The monoisotopic (exact) mass is 276 g/mol. The van der Waals surface area contributed by atoms with Gasteiger partial charge in [0, 0.05) is 19.0 Å². The summed E-state index contributed by atoms with van der Waals surface area (Å²) in [5.41, 5.74) is -0.224. The van der Waals surface area contributed by atoms with E-state index in [1.807, 2.05) is 6.92 Å². The van der Waals surface area contributed by atoms with E-state index in [2.05, 4.69) is 20.5 Å². The van der Waals surface area contributed by atoms with Gasteiger partial charge in [-0.2, -0.15) is 5.10 Å². The fourth-order valence-electron chi connectivity index (χ4n) is 1.66. The minimum atomic E-state index is -0.224. The van der Waals surface area contributed by atoms with Crippen LogP contribution in [0, 0.1) is 0 Å². The summed E-state index contributed by atoms with van der Waals surface area (Å²) in [5, 5.41) is 10.9. The fraction of sp³-hybridized carbons (Fsp3) is 0.417. The number of carbonyl (C=O) groups is 1. The third-order valence-corrected chi connectivity index (χ3v) is 2.63. The van der Waals surface area contributed by atoms with Crippen LogP contribution in [-0.4, -0.2) is 37.0 Å². The van der Waals surface area contributed by atoms with Crippen LogP contribution in [0.25, 0.3) is 5.82 Å². The first kappa shape index (κ1) is 13.9. The summed E-state index contributed by atoms with van der Waals surface area (Å²) in [4.78, 5) is 26.8. The predicted molar refractivity (Wildman–Crippen MR) is 71.3 cm³/mol. The van der Waals surface area contributed by atoms with Gasteiger partial charge in [0.1, 0.15) is 12.7 Å². The quantitative estimate of drug-likeness (QED) is 0.784. The van der Waals surface area contributed by atoms with E-state index >= 15 is 0 Å². The molecule has 0 bridgehead atoms. The van der Waals surface area contributed by atoms with Crippen LogP contribution in [0.5, 0.6) is 0 Å². The Morgan fingerprint density at radius 1 is 1.40 bits per heavy atom. The van der Waals surface area contributed by atoms with E-state index in [1.165, 1.54) is 28.1 Å². The van der Waals surface area contributed by atoms with Gasteiger partial charge in [-0.1, -0.05) is 6.92 Å². The van der Waals surface area contributed by atoms with E-state index in [9.17, 15) is 9.59 Å². The molecule has 0 unspecified atom stereocenters. The van der Waals surface area contributed by atoms with Crippen LogP contribution in [0.3, 0.4) is 0 Å². The van der Waals surface area contributed by atoms with E-state index < -0.39 is 0 Å². The lowest BCUT2D eigenvalue weighted by molar-refractivity contribution is -0.121. The predicted octanol–water partition coefficient (Wildman–Crippen LogP) is -0.260. The van der Waals surface area contributed by atoms with Crippen molar-refractivity contribution in [2.75, 3.05) is 6.54 Å². The fourth-order valence-corrected chi connectivity index (χ4v) is 1.66. The summed E-state index contributed by atoms with van der Waals surface area (Å²) in [5.74, 6) is 0.481. The lowest BCUT2D eigenvalue weighted by atomic mass is 10.3. The summed E-state index contributed by atoms with van der Waals surface area (Å²) in [6, 6.07) is 2.99. The molecule has 0 aliphatic rings. The maximum atomic E-state index is 11.7. The Bertz CT molecular complexity index is 619. The van der Waals surface area contributed by atoms with Crippen LogP contribution < -0.4 is 10.9 Å². The molecular formula is C12H16N6O2. The summed E-state index contributed by atoms with van der Waals surface area (Å²) < 4.78 is 2.76. The molecule has 20 heavy (non-hydrogen) atoms. The van der Waals surface area contributed by atoms with Crippen molar-refractivity contribution >= 4 is 5.91 Å². The molecule has 8 heteroatoms. The van der Waals surface area contributed by atoms with Crippen LogP contribution in [-0.2, 0) is 11.3 Å². The van der Waals surface area contributed by atoms with Crippen LogP contribution >= 0.6 is 0 Å². The summed E-state index contributed by atoms with van der Waals surface area (Å²) in [7, 11) is 0. The molecule has 2 rings (SSSR count). The Hall–Kier alpha value is -2.51. The first-order chi connectivity index (χ1) is 9.70. The Morgan fingerprint density at radius 2 is 2.25 bits per heavy atom. The second kappa shape index (κ2) is 6.60. The third-order valence-electron chi connectivity index (χ3n) is 2.63. The summed E-state index contributed by atoms with van der Waals surface area (Å²) in [6.45, 7) is 2.62. The molecule has 0 aromatic carbocycles. The van der Waals surface area contributed by atoms with Crippen molar-refractivity contribution in [1.29, 1.82) is 0 Å². The number of aromatic nitrogens is 5. The maximum absolute atomic E-state index is 11.7. The van der Waals surface area contributed by atoms with Crippen LogP contribution in [0.4, 0.5) is 0 Å². The lowest BCUT2D eigenvalue weighted by Gasteiger charge is -2.07. The van der Waals surface area contributed by atoms with E-state index in [-0.39, 0.29) is 11.5 Å². The first-order valence-electron chi connectivity index (χ1n) is 6.40. The van der Waals surface area contributed by atoms with Crippen molar-refractivity contribution in [3.05, 3.63) is 35.1 Å². The molecule has 2 heterocycles. The standard InChI is InChI=1S/C12H16N6O2/c1-2-3-11(19)14-6-7-17-12(20)5-4-10(16-17)18-9-13-8-15-18/h4-5,8-9H,2-3,6-7H2,1H3,(H,14,19). The average molecular weight is 276 g/mol. The molecule has 0 radical (unpaired) electrons. The van der Waals surface area contributed by atoms with E-state index in [1.54, 1.807) is 6.07 Å². The third kappa shape index (κ3) is 3.50. The molecule has 1 amide bonds. The Labute approximate surface area is 115 Å². The number of nitrogens with one attached hydrogen (secondary N) is 1. The molecule has 8 nitrogen and oxygen atoms in total. The largest absolute Gasteiger partial charge is 0.354 e. The van der Waals surface area contributed by atoms with Crippen molar-refractivity contribution in [1.82, 2.24) is 29.9 Å². The Kier molecular flexibility index (Phi) is 4.59. The molecule has 106 valence electrons. The molecule has 0 aliphatic carbocycles. The second-order valence-electron chi connectivity index (χ2n) is 4.19. The van der Waals surface area contributed by atoms with Crippen molar-refractivity contribution in [3.63, 3.8) is 0 Å². The minimum absolute atomic E-state index is 0.0204. The molecule has 0 saturated carbocycles. The highest BCUT2D eigenvalue weighted by Crippen LogP contribution is 1.96. The van der Waals surface area contributed by atoms with Gasteiger partial charge in [-0.05, 0) is 12.5 Å². The molecule has 0 saturated heterocycles. The van der Waals surface area contributed by atoms with Crippen molar-refractivity contribution < 1.29 is 4.79 Å². The number of amides is 1. The van der Waals surface area contributed by atoms with Gasteiger partial charge in [-0.25, -0.2) is 14.3 Å². The number of carbonyl (C=O) groups excluding carboxylic acids is 1.